The van der Waals surface area contributed by atoms with Crippen molar-refractivity contribution in [1.29, 1.82) is 0 Å². The predicted octanol–water partition coefficient (Wildman–Crippen LogP) is 3.68. The van der Waals surface area contributed by atoms with Gasteiger partial charge in [-0.1, -0.05) is 32.0 Å². The summed E-state index contributed by atoms with van der Waals surface area (Å²) in [6, 6.07) is 12.5. The summed E-state index contributed by atoms with van der Waals surface area (Å²) < 4.78 is 0. The molecule has 2 N–H and O–H groups in total. The molecule has 0 saturated heterocycles. The molecule has 1 heterocycles. The molecule has 0 radical (unpaired) electrons. The van der Waals surface area contributed by atoms with Crippen LogP contribution in [0.2, 0.25) is 0 Å². The van der Waals surface area contributed by atoms with E-state index in [4.69, 9.17) is 0 Å². The number of nitrogens with one attached hydrogen (secondary N) is 2. The summed E-state index contributed by atoms with van der Waals surface area (Å²) in [6.45, 7) is 3.87. The lowest BCUT2D eigenvalue weighted by atomic mass is 10.0. The van der Waals surface area contributed by atoms with Crippen molar-refractivity contribution in [2.75, 3.05) is 10.6 Å². The zero-order valence-electron chi connectivity index (χ0n) is 17.6. The van der Waals surface area contributed by atoms with Crippen LogP contribution < -0.4 is 10.6 Å². The van der Waals surface area contributed by atoms with Crippen molar-refractivity contribution < 1.29 is 19.2 Å². The fourth-order valence-corrected chi connectivity index (χ4v) is 3.76. The van der Waals surface area contributed by atoms with E-state index in [2.05, 4.69) is 10.6 Å². The lowest BCUT2D eigenvalue weighted by Gasteiger charge is -2.26. The standard InChI is InChI=1S/C24H25N3O4/c1-14(2)12-20(27-23(30)18-8-3-4-9-19(18)24(27)31)22(29)26-17-7-5-6-16(13-17)25-21(28)15-10-11-15/h3-9,13-15,20H,10-12H2,1-2H3,(H,25,28)(H,26,29). The van der Waals surface area contributed by atoms with Crippen LogP contribution in [0.3, 0.4) is 0 Å². The van der Waals surface area contributed by atoms with Crippen LogP contribution in [0.15, 0.2) is 48.5 Å². The third-order valence-corrected chi connectivity index (χ3v) is 5.48. The Labute approximate surface area is 180 Å². The molecule has 31 heavy (non-hydrogen) atoms. The minimum Gasteiger partial charge on any atom is -0.326 e. The molecule has 1 aliphatic heterocycles. The molecule has 4 rings (SSSR count). The molecule has 7 nitrogen and oxygen atoms in total. The van der Waals surface area contributed by atoms with E-state index >= 15 is 0 Å². The molecule has 160 valence electrons. The Balaban J connectivity index is 1.54. The second kappa shape index (κ2) is 8.34. The third kappa shape index (κ3) is 4.35. The summed E-state index contributed by atoms with van der Waals surface area (Å²) >= 11 is 0. The van der Waals surface area contributed by atoms with E-state index in [1.807, 2.05) is 13.8 Å². The highest BCUT2D eigenvalue weighted by molar-refractivity contribution is 6.23. The highest BCUT2D eigenvalue weighted by atomic mass is 16.2. The third-order valence-electron chi connectivity index (χ3n) is 5.48. The Bertz CT molecular complexity index is 1020. The number of benzene rings is 2. The van der Waals surface area contributed by atoms with Gasteiger partial charge in [-0.25, -0.2) is 0 Å². The van der Waals surface area contributed by atoms with E-state index < -0.39 is 23.8 Å². The van der Waals surface area contributed by atoms with Gasteiger partial charge >= 0.3 is 0 Å². The molecule has 0 aromatic heterocycles. The molecule has 0 spiro atoms. The summed E-state index contributed by atoms with van der Waals surface area (Å²) in [4.78, 5) is 52.1. The molecule has 7 heteroatoms. The van der Waals surface area contributed by atoms with Gasteiger partial charge in [-0.2, -0.15) is 0 Å². The van der Waals surface area contributed by atoms with Crippen molar-refractivity contribution in [1.82, 2.24) is 4.90 Å². The number of imide groups is 1. The van der Waals surface area contributed by atoms with Gasteiger partial charge in [-0.15, -0.1) is 0 Å². The molecule has 1 unspecified atom stereocenters. The van der Waals surface area contributed by atoms with Crippen molar-refractivity contribution in [3.8, 4) is 0 Å². The van der Waals surface area contributed by atoms with E-state index in [0.717, 1.165) is 17.7 Å². The first-order valence-corrected chi connectivity index (χ1v) is 10.5. The maximum absolute atomic E-state index is 13.2. The van der Waals surface area contributed by atoms with Crippen LogP contribution in [0.5, 0.6) is 0 Å². The van der Waals surface area contributed by atoms with Crippen molar-refractivity contribution in [3.63, 3.8) is 0 Å². The van der Waals surface area contributed by atoms with Crippen molar-refractivity contribution >= 4 is 35.0 Å². The summed E-state index contributed by atoms with van der Waals surface area (Å²) in [5.41, 5.74) is 1.72. The molecule has 1 atom stereocenters. The van der Waals surface area contributed by atoms with Crippen LogP contribution in [0.4, 0.5) is 11.4 Å². The minimum absolute atomic E-state index is 0.0211. The lowest BCUT2D eigenvalue weighted by molar-refractivity contribution is -0.120. The molecule has 1 aliphatic carbocycles. The quantitative estimate of drug-likeness (QED) is 0.669. The Morgan fingerprint density at radius 3 is 2.06 bits per heavy atom. The summed E-state index contributed by atoms with van der Waals surface area (Å²) in [5, 5.41) is 5.67. The Morgan fingerprint density at radius 1 is 0.935 bits per heavy atom. The van der Waals surface area contributed by atoms with Crippen LogP contribution >= 0.6 is 0 Å². The molecule has 2 aromatic rings. The van der Waals surface area contributed by atoms with Gasteiger partial charge in [0.15, 0.2) is 0 Å². The average molecular weight is 419 g/mol. The fraction of sp³-hybridized carbons (Fsp3) is 0.333. The van der Waals surface area contributed by atoms with Gasteiger partial charge in [0, 0.05) is 17.3 Å². The topological polar surface area (TPSA) is 95.6 Å². The number of nitrogens with zero attached hydrogens (tertiary/aromatic N) is 1. The molecule has 1 fully saturated rings. The first kappa shape index (κ1) is 20.8. The van der Waals surface area contributed by atoms with E-state index in [-0.39, 0.29) is 17.7 Å². The highest BCUT2D eigenvalue weighted by Crippen LogP contribution is 2.31. The Kier molecular flexibility index (Phi) is 5.59. The SMILES string of the molecule is CC(C)CC(C(=O)Nc1cccc(NC(=O)C2CC2)c1)N1C(=O)c2ccccc2C1=O. The van der Waals surface area contributed by atoms with E-state index in [1.54, 1.807) is 48.5 Å². The molecular formula is C24H25N3O4. The van der Waals surface area contributed by atoms with Gasteiger partial charge < -0.3 is 10.6 Å². The van der Waals surface area contributed by atoms with Crippen LogP contribution in [-0.4, -0.2) is 34.6 Å². The smallest absolute Gasteiger partial charge is 0.262 e. The molecule has 2 aliphatic rings. The van der Waals surface area contributed by atoms with Crippen LogP contribution in [0.25, 0.3) is 0 Å². The number of rotatable bonds is 7. The van der Waals surface area contributed by atoms with Crippen LogP contribution in [-0.2, 0) is 9.59 Å². The average Bonchev–Trinajstić information content (AvgIpc) is 3.55. The number of carbonyl (C=O) groups is 4. The number of amides is 4. The van der Waals surface area contributed by atoms with E-state index in [1.165, 1.54) is 0 Å². The van der Waals surface area contributed by atoms with Crippen LogP contribution in [0.1, 0.15) is 53.8 Å². The zero-order chi connectivity index (χ0) is 22.1. The number of hydrogen-bond acceptors (Lipinski definition) is 4. The van der Waals surface area contributed by atoms with Gasteiger partial charge in [-0.3, -0.25) is 24.1 Å². The Morgan fingerprint density at radius 2 is 1.52 bits per heavy atom. The van der Waals surface area contributed by atoms with Crippen molar-refractivity contribution in [3.05, 3.63) is 59.7 Å². The predicted molar refractivity (Wildman–Crippen MR) is 117 cm³/mol. The summed E-state index contributed by atoms with van der Waals surface area (Å²) in [5.74, 6) is -1.20. The summed E-state index contributed by atoms with van der Waals surface area (Å²) in [6.07, 6.45) is 2.15. The second-order valence-corrected chi connectivity index (χ2v) is 8.50. The van der Waals surface area contributed by atoms with E-state index in [9.17, 15) is 19.2 Å². The number of anilines is 2. The maximum atomic E-state index is 13.2. The summed E-state index contributed by atoms with van der Waals surface area (Å²) in [7, 11) is 0. The van der Waals surface area contributed by atoms with Crippen molar-refractivity contribution in [2.24, 2.45) is 11.8 Å². The normalized spacial score (nSPS) is 16.3. The number of carbonyl (C=O) groups excluding carboxylic acids is 4. The molecule has 1 saturated carbocycles. The fourth-order valence-electron chi connectivity index (χ4n) is 3.76. The number of hydrogen-bond donors (Lipinski definition) is 2. The van der Waals surface area contributed by atoms with Crippen LogP contribution in [0, 0.1) is 11.8 Å². The first-order chi connectivity index (χ1) is 14.8. The molecule has 4 amide bonds. The monoisotopic (exact) mass is 419 g/mol. The largest absolute Gasteiger partial charge is 0.326 e. The van der Waals surface area contributed by atoms with Gasteiger partial charge in [-0.05, 0) is 55.5 Å². The van der Waals surface area contributed by atoms with Gasteiger partial charge in [0.05, 0.1) is 11.1 Å². The van der Waals surface area contributed by atoms with E-state index in [0.29, 0.717) is 28.9 Å². The maximum Gasteiger partial charge on any atom is 0.262 e. The minimum atomic E-state index is -0.933. The van der Waals surface area contributed by atoms with Gasteiger partial charge in [0.25, 0.3) is 11.8 Å². The zero-order valence-corrected chi connectivity index (χ0v) is 17.6. The lowest BCUT2D eigenvalue weighted by Crippen LogP contribution is -2.47. The molecular weight excluding hydrogens is 394 g/mol. The van der Waals surface area contributed by atoms with Crippen molar-refractivity contribution in [2.45, 2.75) is 39.2 Å². The molecule has 2 aromatic carbocycles. The highest BCUT2D eigenvalue weighted by Gasteiger charge is 2.42. The van der Waals surface area contributed by atoms with Gasteiger partial charge in [0.1, 0.15) is 6.04 Å². The van der Waals surface area contributed by atoms with Gasteiger partial charge in [0.2, 0.25) is 11.8 Å². The first-order valence-electron chi connectivity index (χ1n) is 10.5. The number of fused-ring (bicyclic) bond motifs is 1. The Hall–Kier alpha value is -3.48. The second-order valence-electron chi connectivity index (χ2n) is 8.50. The molecule has 0 bridgehead atoms.